The van der Waals surface area contributed by atoms with E-state index in [0.29, 0.717) is 19.6 Å². The first-order valence-electron chi connectivity index (χ1n) is 12.5. The lowest BCUT2D eigenvalue weighted by atomic mass is 9.68. The number of methoxy groups -OCH3 is 1. The van der Waals surface area contributed by atoms with Crippen LogP contribution in [-0.2, 0) is 12.1 Å². The van der Waals surface area contributed by atoms with Crippen molar-refractivity contribution in [2.24, 2.45) is 5.41 Å². The van der Waals surface area contributed by atoms with Gasteiger partial charge in [0.1, 0.15) is 5.75 Å². The zero-order valence-electron chi connectivity index (χ0n) is 21.8. The van der Waals surface area contributed by atoms with Crippen LogP contribution in [0.3, 0.4) is 0 Å². The third kappa shape index (κ3) is 4.75. The molecule has 1 spiro atoms. The van der Waals surface area contributed by atoms with Gasteiger partial charge in [-0.1, -0.05) is 42.5 Å². The second-order valence-corrected chi connectivity index (χ2v) is 11.1. The van der Waals surface area contributed by atoms with E-state index >= 15 is 0 Å². The number of rotatable bonds is 7. The van der Waals surface area contributed by atoms with Gasteiger partial charge >= 0.3 is 6.03 Å². The number of benzene rings is 2. The molecule has 2 aliphatic rings. The molecule has 2 aromatic rings. The average molecular weight is 475 g/mol. The van der Waals surface area contributed by atoms with E-state index in [1.807, 2.05) is 47.9 Å². The third-order valence-corrected chi connectivity index (χ3v) is 8.12. The van der Waals surface area contributed by atoms with Crippen LogP contribution in [0, 0.1) is 16.7 Å². The number of ether oxygens (including phenoxy) is 1. The monoisotopic (exact) mass is 474 g/mol. The molecule has 0 N–H and O–H groups in total. The quantitative estimate of drug-likeness (QED) is 0.550. The largest absolute Gasteiger partial charge is 0.497 e. The molecule has 0 radical (unpaired) electrons. The Kier molecular flexibility index (Phi) is 6.83. The van der Waals surface area contributed by atoms with Crippen LogP contribution < -0.4 is 4.74 Å². The van der Waals surface area contributed by atoms with Gasteiger partial charge < -0.3 is 14.5 Å². The van der Waals surface area contributed by atoms with Crippen LogP contribution in [0.5, 0.6) is 5.75 Å². The van der Waals surface area contributed by atoms with Crippen LogP contribution in [0.2, 0.25) is 0 Å². The fourth-order valence-corrected chi connectivity index (χ4v) is 5.92. The van der Waals surface area contributed by atoms with Crippen molar-refractivity contribution in [3.63, 3.8) is 0 Å². The highest BCUT2D eigenvalue weighted by Gasteiger charge is 2.55. The molecule has 6 nitrogen and oxygen atoms in total. The second-order valence-electron chi connectivity index (χ2n) is 11.1. The van der Waals surface area contributed by atoms with E-state index < -0.39 is 5.41 Å². The van der Waals surface area contributed by atoms with Gasteiger partial charge in [0.2, 0.25) is 0 Å². The highest BCUT2D eigenvalue weighted by atomic mass is 16.5. The van der Waals surface area contributed by atoms with E-state index in [1.165, 1.54) is 5.56 Å². The first kappa shape index (κ1) is 25.1. The molecular weight excluding hydrogens is 436 g/mol. The van der Waals surface area contributed by atoms with Gasteiger partial charge in [0, 0.05) is 25.2 Å². The molecular formula is C29H38N4O2. The highest BCUT2D eigenvalue weighted by Crippen LogP contribution is 2.49. The van der Waals surface area contributed by atoms with Crippen molar-refractivity contribution in [2.75, 3.05) is 34.3 Å². The van der Waals surface area contributed by atoms with Gasteiger partial charge in [-0.05, 0) is 76.9 Å². The van der Waals surface area contributed by atoms with Crippen molar-refractivity contribution in [1.29, 1.82) is 5.26 Å². The van der Waals surface area contributed by atoms with Crippen LogP contribution >= 0.6 is 0 Å². The summed E-state index contributed by atoms with van der Waals surface area (Å²) in [5, 5.41) is 9.76. The molecule has 4 rings (SSSR count). The standard InChI is InChI=1S/C29H38N4O2/c1-27(2,20-30)21-33-26(34)32(19-23-11-13-25(35-5)14-12-23)22-28(33)15-17-29(18-16-28,31(3)4)24-9-7-6-8-10-24/h6-14H,15-19,21-22H2,1-5H3/t28-,29-. The van der Waals surface area contributed by atoms with Crippen molar-refractivity contribution >= 4 is 6.03 Å². The van der Waals surface area contributed by atoms with Crippen molar-refractivity contribution in [2.45, 2.75) is 57.2 Å². The number of amides is 2. The lowest BCUT2D eigenvalue weighted by Gasteiger charge is -2.51. The Morgan fingerprint density at radius 3 is 2.20 bits per heavy atom. The molecule has 1 saturated carbocycles. The number of carbonyl (C=O) groups excluding carboxylic acids is 1. The maximum atomic E-state index is 13.8. The topological polar surface area (TPSA) is 59.8 Å². The molecule has 6 heteroatoms. The van der Waals surface area contributed by atoms with Crippen LogP contribution in [-0.4, -0.2) is 60.6 Å². The van der Waals surface area contributed by atoms with Crippen molar-refractivity contribution in [3.8, 4) is 11.8 Å². The molecule has 186 valence electrons. The molecule has 2 aromatic carbocycles. The Morgan fingerprint density at radius 1 is 1.03 bits per heavy atom. The molecule has 0 aromatic heterocycles. The van der Waals surface area contributed by atoms with Crippen LogP contribution in [0.4, 0.5) is 4.79 Å². The van der Waals surface area contributed by atoms with Gasteiger partial charge in [-0.3, -0.25) is 4.90 Å². The summed E-state index contributed by atoms with van der Waals surface area (Å²) in [7, 11) is 5.98. The van der Waals surface area contributed by atoms with E-state index in [0.717, 1.165) is 37.0 Å². The Bertz CT molecular complexity index is 1060. The number of nitrogens with zero attached hydrogens (tertiary/aromatic N) is 4. The number of urea groups is 1. The predicted molar refractivity (Wildman–Crippen MR) is 138 cm³/mol. The van der Waals surface area contributed by atoms with Crippen LogP contribution in [0.25, 0.3) is 0 Å². The molecule has 1 aliphatic heterocycles. The maximum Gasteiger partial charge on any atom is 0.320 e. The van der Waals surface area contributed by atoms with Crippen LogP contribution in [0.1, 0.15) is 50.7 Å². The first-order chi connectivity index (χ1) is 16.6. The Balaban J connectivity index is 1.62. The summed E-state index contributed by atoms with van der Waals surface area (Å²) in [6, 6.07) is 21.1. The number of carbonyl (C=O) groups is 1. The summed E-state index contributed by atoms with van der Waals surface area (Å²) in [5.74, 6) is 0.809. The van der Waals surface area contributed by atoms with E-state index in [4.69, 9.17) is 4.74 Å². The number of hydrogen-bond acceptors (Lipinski definition) is 4. The lowest BCUT2D eigenvalue weighted by molar-refractivity contribution is 0.0180. The molecule has 35 heavy (non-hydrogen) atoms. The number of hydrogen-bond donors (Lipinski definition) is 0. The molecule has 0 atom stereocenters. The van der Waals surface area contributed by atoms with Gasteiger partial charge in [-0.15, -0.1) is 0 Å². The summed E-state index contributed by atoms with van der Waals surface area (Å²) < 4.78 is 5.29. The molecule has 1 saturated heterocycles. The number of nitriles is 1. The van der Waals surface area contributed by atoms with Gasteiger partial charge in [-0.2, -0.15) is 5.26 Å². The summed E-state index contributed by atoms with van der Waals surface area (Å²) in [6.07, 6.45) is 3.76. The molecule has 1 heterocycles. The summed E-state index contributed by atoms with van der Waals surface area (Å²) in [4.78, 5) is 20.1. The minimum Gasteiger partial charge on any atom is -0.497 e. The van der Waals surface area contributed by atoms with E-state index in [2.05, 4.69) is 55.4 Å². The molecule has 2 fully saturated rings. The highest BCUT2D eigenvalue weighted by molar-refractivity contribution is 5.78. The van der Waals surface area contributed by atoms with Gasteiger partial charge in [-0.25, -0.2) is 4.79 Å². The smallest absolute Gasteiger partial charge is 0.320 e. The fraction of sp³-hybridized carbons (Fsp3) is 0.517. The predicted octanol–water partition coefficient (Wildman–Crippen LogP) is 5.25. The zero-order valence-corrected chi connectivity index (χ0v) is 21.8. The average Bonchev–Trinajstić information content (AvgIpc) is 3.10. The van der Waals surface area contributed by atoms with Crippen LogP contribution in [0.15, 0.2) is 54.6 Å². The van der Waals surface area contributed by atoms with E-state index in [1.54, 1.807) is 7.11 Å². The van der Waals surface area contributed by atoms with Crippen molar-refractivity contribution < 1.29 is 9.53 Å². The molecule has 1 aliphatic carbocycles. The Labute approximate surface area is 210 Å². The lowest BCUT2D eigenvalue weighted by Crippen LogP contribution is -2.56. The van der Waals surface area contributed by atoms with E-state index in [9.17, 15) is 10.1 Å². The van der Waals surface area contributed by atoms with E-state index in [-0.39, 0.29) is 17.1 Å². The minimum atomic E-state index is -0.603. The Morgan fingerprint density at radius 2 is 1.66 bits per heavy atom. The second kappa shape index (κ2) is 9.54. The fourth-order valence-electron chi connectivity index (χ4n) is 5.92. The molecule has 0 unspecified atom stereocenters. The SMILES string of the molecule is COc1ccc(CN2C[C@]3(CC[C@@](c4ccccc4)(N(C)C)CC3)N(CC(C)(C)C#N)C2=O)cc1. The summed E-state index contributed by atoms with van der Waals surface area (Å²) >= 11 is 0. The van der Waals surface area contributed by atoms with Gasteiger partial charge in [0.25, 0.3) is 0 Å². The normalized spacial score (nSPS) is 24.8. The summed E-state index contributed by atoms with van der Waals surface area (Å²) in [5.41, 5.74) is 1.51. The van der Waals surface area contributed by atoms with Gasteiger partial charge in [0.15, 0.2) is 0 Å². The summed E-state index contributed by atoms with van der Waals surface area (Å²) in [6.45, 7) is 5.55. The van der Waals surface area contributed by atoms with Crippen molar-refractivity contribution in [3.05, 3.63) is 65.7 Å². The van der Waals surface area contributed by atoms with Gasteiger partial charge in [0.05, 0.1) is 24.1 Å². The molecule has 2 amide bonds. The maximum absolute atomic E-state index is 13.8. The van der Waals surface area contributed by atoms with Crippen molar-refractivity contribution in [1.82, 2.24) is 14.7 Å². The molecule has 0 bridgehead atoms. The first-order valence-corrected chi connectivity index (χ1v) is 12.5. The third-order valence-electron chi connectivity index (χ3n) is 8.12. The Hall–Kier alpha value is -3.04. The zero-order chi connectivity index (χ0) is 25.3. The minimum absolute atomic E-state index is 0.0428.